The minimum Gasteiger partial charge on any atom is -0.309 e. The van der Waals surface area contributed by atoms with Crippen LogP contribution < -0.4 is 0 Å². The van der Waals surface area contributed by atoms with Crippen molar-refractivity contribution in [2.75, 3.05) is 27.2 Å². The van der Waals surface area contributed by atoms with Crippen LogP contribution in [0.15, 0.2) is 84.5 Å². The molecule has 6 rings (SSSR count). The maximum atomic E-state index is 2.59. The first-order valence-corrected chi connectivity index (χ1v) is 13.4. The Hall–Kier alpha value is -3.23. The molecule has 36 heavy (non-hydrogen) atoms. The fraction of sp³-hybridized carbons (Fsp3) is 0.324. The molecule has 3 aromatic rings. The summed E-state index contributed by atoms with van der Waals surface area (Å²) in [6.07, 6.45) is 10.7. The summed E-state index contributed by atoms with van der Waals surface area (Å²) in [5.41, 5.74) is 14.4. The van der Waals surface area contributed by atoms with E-state index in [2.05, 4.69) is 116 Å². The maximum Gasteiger partial charge on any atom is 0.209 e. The van der Waals surface area contributed by atoms with Gasteiger partial charge < -0.3 is 4.90 Å². The summed E-state index contributed by atoms with van der Waals surface area (Å²) in [7, 11) is 4.33. The average Bonchev–Trinajstić information content (AvgIpc) is 2.86. The first-order valence-electron chi connectivity index (χ1n) is 13.4. The molecular weight excluding hydrogens is 436 g/mol. The first kappa shape index (κ1) is 23.2. The van der Waals surface area contributed by atoms with Crippen LogP contribution in [0, 0.1) is 19.8 Å². The molecule has 0 saturated carbocycles. The van der Waals surface area contributed by atoms with E-state index in [9.17, 15) is 0 Å². The van der Waals surface area contributed by atoms with Crippen molar-refractivity contribution in [2.45, 2.75) is 39.0 Å². The molecule has 0 bridgehead atoms. The highest BCUT2D eigenvalue weighted by Crippen LogP contribution is 2.44. The monoisotopic (exact) mass is 473 g/mol. The summed E-state index contributed by atoms with van der Waals surface area (Å²) in [5.74, 6) is 0.732. The molecule has 1 heterocycles. The van der Waals surface area contributed by atoms with E-state index in [0.29, 0.717) is 11.8 Å². The van der Waals surface area contributed by atoms with Crippen LogP contribution >= 0.6 is 0 Å². The van der Waals surface area contributed by atoms with Crippen molar-refractivity contribution in [1.29, 1.82) is 0 Å². The Morgan fingerprint density at radius 2 is 1.53 bits per heavy atom. The zero-order valence-corrected chi connectivity index (χ0v) is 22.1. The van der Waals surface area contributed by atoms with Crippen LogP contribution in [-0.4, -0.2) is 42.4 Å². The molecule has 2 aliphatic carbocycles. The van der Waals surface area contributed by atoms with Crippen LogP contribution in [0.5, 0.6) is 0 Å². The number of hydrogen-bond acceptors (Lipinski definition) is 1. The Kier molecular flexibility index (Phi) is 6.01. The van der Waals surface area contributed by atoms with Crippen molar-refractivity contribution in [3.63, 3.8) is 0 Å². The minimum absolute atomic E-state index is 0.362. The van der Waals surface area contributed by atoms with Crippen LogP contribution in [0.1, 0.15) is 51.3 Å². The number of allylic oxidation sites excluding steroid dienone is 4. The van der Waals surface area contributed by atoms with Gasteiger partial charge >= 0.3 is 0 Å². The van der Waals surface area contributed by atoms with Crippen molar-refractivity contribution < 1.29 is 4.58 Å². The van der Waals surface area contributed by atoms with Gasteiger partial charge in [0.1, 0.15) is 0 Å². The molecule has 3 aliphatic rings. The van der Waals surface area contributed by atoms with E-state index < -0.39 is 0 Å². The molecule has 182 valence electrons. The molecule has 2 nitrogen and oxygen atoms in total. The predicted molar refractivity (Wildman–Crippen MR) is 151 cm³/mol. The number of aryl methyl sites for hydroxylation is 2. The normalized spacial score (nSPS) is 18.5. The molecule has 0 aromatic heterocycles. The fourth-order valence-electron chi connectivity index (χ4n) is 6.52. The number of nitrogens with zero attached hydrogens (tertiary/aromatic N) is 2. The molecule has 0 N–H and O–H groups in total. The van der Waals surface area contributed by atoms with Crippen LogP contribution in [0.3, 0.4) is 0 Å². The summed E-state index contributed by atoms with van der Waals surface area (Å²) < 4.78 is 2.57. The van der Waals surface area contributed by atoms with E-state index >= 15 is 0 Å². The predicted octanol–water partition coefficient (Wildman–Crippen LogP) is 6.74. The van der Waals surface area contributed by atoms with E-state index in [1.807, 2.05) is 0 Å². The van der Waals surface area contributed by atoms with Gasteiger partial charge in [-0.25, -0.2) is 0 Å². The van der Waals surface area contributed by atoms with Crippen LogP contribution in [-0.2, 0) is 12.8 Å². The van der Waals surface area contributed by atoms with Gasteiger partial charge in [0, 0.05) is 54.5 Å². The largest absolute Gasteiger partial charge is 0.309 e. The number of hydrogen-bond donors (Lipinski definition) is 0. The molecule has 0 radical (unpaired) electrons. The lowest BCUT2D eigenvalue weighted by Crippen LogP contribution is -2.30. The molecule has 1 unspecified atom stereocenters. The van der Waals surface area contributed by atoms with E-state index in [1.165, 1.54) is 55.9 Å². The molecular formula is C34H37N2+. The van der Waals surface area contributed by atoms with Gasteiger partial charge in [0.25, 0.3) is 0 Å². The van der Waals surface area contributed by atoms with Crippen molar-refractivity contribution in [2.24, 2.45) is 5.92 Å². The molecule has 2 heteroatoms. The molecule has 0 saturated heterocycles. The Morgan fingerprint density at radius 3 is 2.22 bits per heavy atom. The third-order valence-electron chi connectivity index (χ3n) is 8.17. The highest BCUT2D eigenvalue weighted by molar-refractivity contribution is 6.07. The summed E-state index contributed by atoms with van der Waals surface area (Å²) in [4.78, 5) is 2.28. The molecule has 0 spiro atoms. The van der Waals surface area contributed by atoms with Gasteiger partial charge in [-0.2, -0.15) is 4.58 Å². The van der Waals surface area contributed by atoms with Crippen molar-refractivity contribution in [3.05, 3.63) is 123 Å². The first-order chi connectivity index (χ1) is 17.5. The van der Waals surface area contributed by atoms with Gasteiger partial charge in [0.05, 0.1) is 0 Å². The van der Waals surface area contributed by atoms with Gasteiger partial charge in [-0.15, -0.1) is 0 Å². The standard InChI is InChI=1S/C34H37N2/c1-23-10-13-30-27(18-23)22-28-19-24(2)11-14-31(28)34(30)26-12-15-33-29(21-26)20-25-8-5-6-9-32(25)36(33)17-7-16-35(3)4/h5-6,8-15,18-19,21,26,34H,7,16-17,20,22H2,1-4H3/q+1. The highest BCUT2D eigenvalue weighted by Gasteiger charge is 2.35. The molecule has 0 amide bonds. The Morgan fingerprint density at radius 1 is 0.833 bits per heavy atom. The van der Waals surface area contributed by atoms with Crippen LogP contribution in [0.4, 0.5) is 5.69 Å². The maximum absolute atomic E-state index is 2.59. The smallest absolute Gasteiger partial charge is 0.209 e. The van der Waals surface area contributed by atoms with Gasteiger partial charge in [0.2, 0.25) is 11.4 Å². The van der Waals surface area contributed by atoms with E-state index in [4.69, 9.17) is 0 Å². The van der Waals surface area contributed by atoms with Crippen LogP contribution in [0.2, 0.25) is 0 Å². The zero-order valence-electron chi connectivity index (χ0n) is 22.1. The summed E-state index contributed by atoms with van der Waals surface area (Å²) in [5, 5.41) is 0. The molecule has 1 atom stereocenters. The Bertz CT molecular complexity index is 1370. The van der Waals surface area contributed by atoms with Gasteiger partial charge in [-0.05, 0) is 56.6 Å². The summed E-state index contributed by atoms with van der Waals surface area (Å²) >= 11 is 0. The number of benzene rings is 3. The van der Waals surface area contributed by atoms with Crippen molar-refractivity contribution in [1.82, 2.24) is 4.90 Å². The fourth-order valence-corrected chi connectivity index (χ4v) is 6.52. The van der Waals surface area contributed by atoms with E-state index in [1.54, 1.807) is 0 Å². The number of para-hydroxylation sites is 1. The van der Waals surface area contributed by atoms with Gasteiger partial charge in [-0.1, -0.05) is 77.9 Å². The summed E-state index contributed by atoms with van der Waals surface area (Å²) in [6, 6.07) is 23.2. The molecule has 3 aromatic carbocycles. The highest BCUT2D eigenvalue weighted by atomic mass is 15.1. The quantitative estimate of drug-likeness (QED) is 0.372. The Labute approximate surface area is 216 Å². The second-order valence-electron chi connectivity index (χ2n) is 11.2. The second-order valence-corrected chi connectivity index (χ2v) is 11.2. The zero-order chi connectivity index (χ0) is 24.8. The van der Waals surface area contributed by atoms with Gasteiger partial charge in [0.15, 0.2) is 6.54 Å². The molecule has 1 aliphatic heterocycles. The van der Waals surface area contributed by atoms with Crippen molar-refractivity contribution >= 4 is 11.4 Å². The second kappa shape index (κ2) is 9.33. The minimum atomic E-state index is 0.362. The van der Waals surface area contributed by atoms with E-state index in [-0.39, 0.29) is 0 Å². The Balaban J connectivity index is 1.43. The number of rotatable bonds is 5. The average molecular weight is 474 g/mol. The van der Waals surface area contributed by atoms with Gasteiger partial charge in [-0.3, -0.25) is 0 Å². The topological polar surface area (TPSA) is 6.25 Å². The number of fused-ring (bicyclic) bond motifs is 4. The molecule has 0 fully saturated rings. The lowest BCUT2D eigenvalue weighted by molar-refractivity contribution is -0.442. The van der Waals surface area contributed by atoms with Crippen LogP contribution in [0.25, 0.3) is 0 Å². The lowest BCUT2D eigenvalue weighted by atomic mass is 9.69. The summed E-state index contributed by atoms with van der Waals surface area (Å²) in [6.45, 7) is 6.58. The third kappa shape index (κ3) is 4.18. The van der Waals surface area contributed by atoms with Crippen molar-refractivity contribution in [3.8, 4) is 0 Å². The third-order valence-corrected chi connectivity index (χ3v) is 8.17. The SMILES string of the molecule is Cc1ccc2c(c1)Cc1cc(C)ccc1C2C1C=CC2=[N+](CCCN(C)C)c3ccccc3CC2=C1. The van der Waals surface area contributed by atoms with E-state index in [0.717, 1.165) is 32.4 Å². The lowest BCUT2D eigenvalue weighted by Gasteiger charge is -2.34.